The number of nitrogens with one attached hydrogen (secondary N) is 1. The third kappa shape index (κ3) is 4.56. The molecule has 4 heteroatoms. The molecule has 0 heterocycles. The van der Waals surface area contributed by atoms with E-state index < -0.39 is 5.41 Å². The number of ether oxygens (including phenoxy) is 1. The predicted octanol–water partition coefficient (Wildman–Crippen LogP) is 2.09. The summed E-state index contributed by atoms with van der Waals surface area (Å²) >= 11 is 0. The molecule has 0 saturated heterocycles. The first-order valence-electron chi connectivity index (χ1n) is 6.60. The van der Waals surface area contributed by atoms with E-state index in [2.05, 4.69) is 5.32 Å². The second kappa shape index (κ2) is 6.57. The molecule has 0 unspecified atom stereocenters. The summed E-state index contributed by atoms with van der Waals surface area (Å²) in [5.41, 5.74) is 6.73. The normalized spacial score (nSPS) is 11.6. The molecule has 0 aliphatic heterocycles. The van der Waals surface area contributed by atoms with Crippen LogP contribution in [0.25, 0.3) is 0 Å². The van der Waals surface area contributed by atoms with Crippen LogP contribution in [0.4, 0.5) is 5.69 Å². The average molecular weight is 264 g/mol. The first kappa shape index (κ1) is 15.5. The minimum Gasteiger partial charge on any atom is -0.399 e. The maximum absolute atomic E-state index is 12.2. The van der Waals surface area contributed by atoms with Crippen molar-refractivity contribution in [2.45, 2.75) is 39.2 Å². The lowest BCUT2D eigenvalue weighted by Crippen LogP contribution is -2.41. The van der Waals surface area contributed by atoms with Crippen molar-refractivity contribution < 1.29 is 9.53 Å². The number of amides is 1. The Morgan fingerprint density at radius 1 is 1.32 bits per heavy atom. The van der Waals surface area contributed by atoms with Crippen LogP contribution >= 0.6 is 0 Å². The number of nitrogens with two attached hydrogens (primary N) is 1. The predicted molar refractivity (Wildman–Crippen MR) is 78.0 cm³/mol. The standard InChI is InChI=1S/C15H24N2O2/c1-11(2)19-10-9-17-14(18)15(3,4)12-5-7-13(16)8-6-12/h5-8,11H,9-10,16H2,1-4H3,(H,17,18). The molecule has 106 valence electrons. The van der Waals surface area contributed by atoms with Gasteiger partial charge in [0.2, 0.25) is 5.91 Å². The molecule has 0 aliphatic rings. The Morgan fingerprint density at radius 3 is 2.42 bits per heavy atom. The molecule has 0 saturated carbocycles. The van der Waals surface area contributed by atoms with Crippen molar-refractivity contribution in [1.29, 1.82) is 0 Å². The zero-order valence-electron chi connectivity index (χ0n) is 12.2. The van der Waals surface area contributed by atoms with Crippen LogP contribution < -0.4 is 11.1 Å². The Hall–Kier alpha value is -1.55. The van der Waals surface area contributed by atoms with Crippen molar-refractivity contribution in [1.82, 2.24) is 5.32 Å². The molecule has 0 fully saturated rings. The lowest BCUT2D eigenvalue weighted by Gasteiger charge is -2.24. The van der Waals surface area contributed by atoms with Crippen molar-refractivity contribution in [3.8, 4) is 0 Å². The minimum absolute atomic E-state index is 0.00960. The summed E-state index contributed by atoms with van der Waals surface area (Å²) in [5.74, 6) is -0.00960. The van der Waals surface area contributed by atoms with Crippen LogP contribution in [0.5, 0.6) is 0 Å². The van der Waals surface area contributed by atoms with Gasteiger partial charge in [-0.05, 0) is 45.4 Å². The molecule has 4 nitrogen and oxygen atoms in total. The molecule has 3 N–H and O–H groups in total. The number of rotatable bonds is 6. The molecule has 0 atom stereocenters. The topological polar surface area (TPSA) is 64.3 Å². The van der Waals surface area contributed by atoms with E-state index in [9.17, 15) is 4.79 Å². The fourth-order valence-corrected chi connectivity index (χ4v) is 1.71. The maximum atomic E-state index is 12.2. The van der Waals surface area contributed by atoms with Crippen molar-refractivity contribution in [3.63, 3.8) is 0 Å². The SMILES string of the molecule is CC(C)OCCNC(=O)C(C)(C)c1ccc(N)cc1. The lowest BCUT2D eigenvalue weighted by molar-refractivity contribution is -0.126. The van der Waals surface area contributed by atoms with Gasteiger partial charge in [0.15, 0.2) is 0 Å². The summed E-state index contributed by atoms with van der Waals surface area (Å²) < 4.78 is 5.40. The van der Waals surface area contributed by atoms with Gasteiger partial charge < -0.3 is 15.8 Å². The van der Waals surface area contributed by atoms with Gasteiger partial charge in [0.25, 0.3) is 0 Å². The quantitative estimate of drug-likeness (QED) is 0.611. The fraction of sp³-hybridized carbons (Fsp3) is 0.533. The zero-order valence-corrected chi connectivity index (χ0v) is 12.2. The van der Waals surface area contributed by atoms with Gasteiger partial charge in [-0.2, -0.15) is 0 Å². The molecule has 1 aromatic carbocycles. The molecule has 19 heavy (non-hydrogen) atoms. The Morgan fingerprint density at radius 2 is 1.89 bits per heavy atom. The molecule has 0 bridgehead atoms. The molecule has 1 amide bonds. The van der Waals surface area contributed by atoms with Gasteiger partial charge in [-0.1, -0.05) is 12.1 Å². The Bertz CT molecular complexity index is 411. The number of hydrogen-bond donors (Lipinski definition) is 2. The summed E-state index contributed by atoms with van der Waals surface area (Å²) in [7, 11) is 0. The third-order valence-electron chi connectivity index (χ3n) is 3.04. The second-order valence-electron chi connectivity index (χ2n) is 5.42. The molecular weight excluding hydrogens is 240 g/mol. The highest BCUT2D eigenvalue weighted by molar-refractivity contribution is 5.87. The summed E-state index contributed by atoms with van der Waals surface area (Å²) in [4.78, 5) is 12.2. The molecule has 1 rings (SSSR count). The number of carbonyl (C=O) groups excluding carboxylic acids is 1. The highest BCUT2D eigenvalue weighted by Crippen LogP contribution is 2.24. The molecule has 0 radical (unpaired) electrons. The third-order valence-corrected chi connectivity index (χ3v) is 3.04. The van der Waals surface area contributed by atoms with Crippen LogP contribution in [-0.4, -0.2) is 25.2 Å². The van der Waals surface area contributed by atoms with Gasteiger partial charge >= 0.3 is 0 Å². The van der Waals surface area contributed by atoms with Gasteiger partial charge in [-0.15, -0.1) is 0 Å². The van der Waals surface area contributed by atoms with E-state index in [1.165, 1.54) is 0 Å². The van der Waals surface area contributed by atoms with E-state index in [-0.39, 0.29) is 12.0 Å². The van der Waals surface area contributed by atoms with E-state index in [0.29, 0.717) is 18.8 Å². The Balaban J connectivity index is 2.56. The minimum atomic E-state index is -0.578. The largest absolute Gasteiger partial charge is 0.399 e. The number of hydrogen-bond acceptors (Lipinski definition) is 3. The van der Waals surface area contributed by atoms with Crippen LogP contribution in [0, 0.1) is 0 Å². The molecule has 0 aliphatic carbocycles. The maximum Gasteiger partial charge on any atom is 0.230 e. The summed E-state index contributed by atoms with van der Waals surface area (Å²) in [6.07, 6.45) is 0.182. The van der Waals surface area contributed by atoms with Crippen molar-refractivity contribution in [3.05, 3.63) is 29.8 Å². The van der Waals surface area contributed by atoms with Gasteiger partial charge in [0.1, 0.15) is 0 Å². The highest BCUT2D eigenvalue weighted by Gasteiger charge is 2.29. The lowest BCUT2D eigenvalue weighted by atomic mass is 9.83. The van der Waals surface area contributed by atoms with Gasteiger partial charge in [0.05, 0.1) is 18.1 Å². The van der Waals surface area contributed by atoms with E-state index in [4.69, 9.17) is 10.5 Å². The average Bonchev–Trinajstić information content (AvgIpc) is 2.34. The number of nitrogen functional groups attached to an aromatic ring is 1. The number of anilines is 1. The van der Waals surface area contributed by atoms with Crippen molar-refractivity contribution >= 4 is 11.6 Å². The second-order valence-corrected chi connectivity index (χ2v) is 5.42. The summed E-state index contributed by atoms with van der Waals surface area (Å²) in [6, 6.07) is 7.40. The van der Waals surface area contributed by atoms with Gasteiger partial charge in [-0.25, -0.2) is 0 Å². The number of benzene rings is 1. The van der Waals surface area contributed by atoms with Crippen molar-refractivity contribution in [2.75, 3.05) is 18.9 Å². The van der Waals surface area contributed by atoms with Crippen LogP contribution in [0.3, 0.4) is 0 Å². The summed E-state index contributed by atoms with van der Waals surface area (Å²) in [6.45, 7) is 8.80. The van der Waals surface area contributed by atoms with Crippen LogP contribution in [0.15, 0.2) is 24.3 Å². The van der Waals surface area contributed by atoms with Crippen LogP contribution in [0.2, 0.25) is 0 Å². The zero-order chi connectivity index (χ0) is 14.5. The molecule has 0 aromatic heterocycles. The van der Waals surface area contributed by atoms with Gasteiger partial charge in [-0.3, -0.25) is 4.79 Å². The van der Waals surface area contributed by atoms with Crippen LogP contribution in [0.1, 0.15) is 33.3 Å². The van der Waals surface area contributed by atoms with E-state index >= 15 is 0 Å². The van der Waals surface area contributed by atoms with E-state index in [0.717, 1.165) is 5.56 Å². The van der Waals surface area contributed by atoms with E-state index in [1.807, 2.05) is 52.0 Å². The fourth-order valence-electron chi connectivity index (χ4n) is 1.71. The van der Waals surface area contributed by atoms with Crippen LogP contribution in [-0.2, 0) is 14.9 Å². The first-order valence-corrected chi connectivity index (χ1v) is 6.60. The smallest absolute Gasteiger partial charge is 0.230 e. The van der Waals surface area contributed by atoms with Crippen molar-refractivity contribution in [2.24, 2.45) is 0 Å². The summed E-state index contributed by atoms with van der Waals surface area (Å²) in [5, 5.41) is 2.90. The van der Waals surface area contributed by atoms with Gasteiger partial charge in [0, 0.05) is 12.2 Å². The molecular formula is C15H24N2O2. The Labute approximate surface area is 115 Å². The monoisotopic (exact) mass is 264 g/mol. The number of carbonyl (C=O) groups is 1. The first-order chi connectivity index (χ1) is 8.84. The Kier molecular flexibility index (Phi) is 5.36. The molecule has 0 spiro atoms. The van der Waals surface area contributed by atoms with E-state index in [1.54, 1.807) is 0 Å². The highest BCUT2D eigenvalue weighted by atomic mass is 16.5. The molecule has 1 aromatic rings.